The van der Waals surface area contributed by atoms with Crippen LogP contribution >= 0.6 is 0 Å². The van der Waals surface area contributed by atoms with E-state index in [9.17, 15) is 0 Å². The van der Waals surface area contributed by atoms with Crippen LogP contribution in [0.15, 0.2) is 54.9 Å². The Morgan fingerprint density at radius 2 is 1.96 bits per heavy atom. The Hall–Kier alpha value is -2.83. The largest absolute Gasteiger partial charge is 0.362 e. The number of benzene rings is 1. The molecule has 2 aromatic heterocycles. The fourth-order valence-corrected chi connectivity index (χ4v) is 3.55. The molecule has 3 heterocycles. The van der Waals surface area contributed by atoms with Crippen molar-refractivity contribution in [2.45, 2.75) is 19.0 Å². The highest BCUT2D eigenvalue weighted by Crippen LogP contribution is 2.28. The van der Waals surface area contributed by atoms with Crippen LogP contribution in [0.2, 0.25) is 0 Å². The van der Waals surface area contributed by atoms with Crippen molar-refractivity contribution in [2.24, 2.45) is 0 Å². The summed E-state index contributed by atoms with van der Waals surface area (Å²) in [6.45, 7) is 2.59. The molecule has 1 atom stereocenters. The van der Waals surface area contributed by atoms with E-state index in [1.807, 2.05) is 18.3 Å². The summed E-state index contributed by atoms with van der Waals surface area (Å²) in [4.78, 5) is 16.2. The molecule has 6 heteroatoms. The van der Waals surface area contributed by atoms with E-state index in [-0.39, 0.29) is 6.04 Å². The average Bonchev–Trinajstić information content (AvgIpc) is 2.74. The first kappa shape index (κ1) is 18.5. The SMILES string of the molecule is CN(C)CC(Nc1nc(-c2cccnc2)nc2c1CCNC2)c1ccccc1. The van der Waals surface area contributed by atoms with Gasteiger partial charge in [-0.25, -0.2) is 9.97 Å². The van der Waals surface area contributed by atoms with E-state index in [2.05, 4.69) is 64.9 Å². The van der Waals surface area contributed by atoms with Crippen molar-refractivity contribution >= 4 is 5.82 Å². The van der Waals surface area contributed by atoms with Crippen LogP contribution < -0.4 is 10.6 Å². The molecule has 4 rings (SSSR count). The van der Waals surface area contributed by atoms with Crippen LogP contribution in [-0.2, 0) is 13.0 Å². The van der Waals surface area contributed by atoms with Crippen LogP contribution in [-0.4, -0.2) is 47.0 Å². The highest BCUT2D eigenvalue weighted by Gasteiger charge is 2.21. The molecule has 3 aromatic rings. The summed E-state index contributed by atoms with van der Waals surface area (Å²) in [5.41, 5.74) is 4.47. The number of hydrogen-bond donors (Lipinski definition) is 2. The molecule has 1 aliphatic rings. The Morgan fingerprint density at radius 1 is 1.11 bits per heavy atom. The summed E-state index contributed by atoms with van der Waals surface area (Å²) < 4.78 is 0. The Bertz CT molecular complexity index is 911. The second-order valence-corrected chi connectivity index (χ2v) is 7.36. The Morgan fingerprint density at radius 3 is 2.71 bits per heavy atom. The molecule has 0 spiro atoms. The van der Waals surface area contributed by atoms with Gasteiger partial charge in [0.05, 0.1) is 11.7 Å². The minimum Gasteiger partial charge on any atom is -0.362 e. The first-order valence-electron chi connectivity index (χ1n) is 9.68. The van der Waals surface area contributed by atoms with Crippen molar-refractivity contribution in [1.82, 2.24) is 25.2 Å². The molecule has 0 aliphatic carbocycles. The van der Waals surface area contributed by atoms with Gasteiger partial charge in [-0.1, -0.05) is 30.3 Å². The van der Waals surface area contributed by atoms with Gasteiger partial charge in [0.15, 0.2) is 5.82 Å². The first-order valence-corrected chi connectivity index (χ1v) is 9.68. The number of nitrogens with one attached hydrogen (secondary N) is 2. The molecule has 6 nitrogen and oxygen atoms in total. The van der Waals surface area contributed by atoms with Crippen molar-refractivity contribution in [1.29, 1.82) is 0 Å². The zero-order valence-corrected chi connectivity index (χ0v) is 16.4. The van der Waals surface area contributed by atoms with Crippen molar-refractivity contribution in [3.05, 3.63) is 71.7 Å². The lowest BCUT2D eigenvalue weighted by Gasteiger charge is -2.27. The van der Waals surface area contributed by atoms with Crippen molar-refractivity contribution in [3.8, 4) is 11.4 Å². The summed E-state index contributed by atoms with van der Waals surface area (Å²) in [7, 11) is 4.19. The molecule has 0 fully saturated rings. The van der Waals surface area contributed by atoms with Gasteiger partial charge in [-0.15, -0.1) is 0 Å². The highest BCUT2D eigenvalue weighted by molar-refractivity contribution is 5.60. The van der Waals surface area contributed by atoms with E-state index >= 15 is 0 Å². The van der Waals surface area contributed by atoms with Crippen molar-refractivity contribution in [2.75, 3.05) is 32.5 Å². The summed E-state index contributed by atoms with van der Waals surface area (Å²) in [5, 5.41) is 7.15. The van der Waals surface area contributed by atoms with Gasteiger partial charge >= 0.3 is 0 Å². The zero-order valence-electron chi connectivity index (χ0n) is 16.4. The topological polar surface area (TPSA) is 66.0 Å². The van der Waals surface area contributed by atoms with Crippen LogP contribution in [0.4, 0.5) is 5.82 Å². The van der Waals surface area contributed by atoms with Gasteiger partial charge in [0.2, 0.25) is 0 Å². The molecule has 1 unspecified atom stereocenters. The number of pyridine rings is 1. The third kappa shape index (κ3) is 4.18. The summed E-state index contributed by atoms with van der Waals surface area (Å²) >= 11 is 0. The smallest absolute Gasteiger partial charge is 0.163 e. The average molecular weight is 374 g/mol. The minimum absolute atomic E-state index is 0.145. The molecular formula is C22H26N6. The lowest BCUT2D eigenvalue weighted by atomic mass is 10.0. The molecule has 144 valence electrons. The predicted octanol–water partition coefficient (Wildman–Crippen LogP) is 2.90. The van der Waals surface area contributed by atoms with Gasteiger partial charge in [0.1, 0.15) is 5.82 Å². The second-order valence-electron chi connectivity index (χ2n) is 7.36. The van der Waals surface area contributed by atoms with E-state index in [0.717, 1.165) is 49.0 Å². The number of rotatable bonds is 6. The molecule has 1 aromatic carbocycles. The fraction of sp³-hybridized carbons (Fsp3) is 0.318. The molecule has 0 radical (unpaired) electrons. The van der Waals surface area contributed by atoms with Crippen molar-refractivity contribution < 1.29 is 0 Å². The number of nitrogens with zero attached hydrogens (tertiary/aromatic N) is 4. The van der Waals surface area contributed by atoms with Gasteiger partial charge in [0.25, 0.3) is 0 Å². The third-order valence-electron chi connectivity index (χ3n) is 4.92. The normalized spacial score (nSPS) is 14.5. The van der Waals surface area contributed by atoms with E-state index in [1.165, 1.54) is 11.1 Å². The monoisotopic (exact) mass is 374 g/mol. The van der Waals surface area contributed by atoms with Crippen LogP contribution in [0.1, 0.15) is 22.9 Å². The molecule has 0 amide bonds. The molecule has 0 saturated carbocycles. The number of fused-ring (bicyclic) bond motifs is 1. The zero-order chi connectivity index (χ0) is 19.3. The lowest BCUT2D eigenvalue weighted by molar-refractivity contribution is 0.386. The maximum Gasteiger partial charge on any atom is 0.163 e. The van der Waals surface area contributed by atoms with E-state index in [0.29, 0.717) is 0 Å². The molecule has 0 bridgehead atoms. The molecule has 1 aliphatic heterocycles. The standard InChI is InChI=1S/C22H26N6/c1-28(2)15-20(16-7-4-3-5-8-16)26-22-18-10-12-24-14-19(18)25-21(27-22)17-9-6-11-23-13-17/h3-9,11,13,20,24H,10,12,14-15H2,1-2H3,(H,25,26,27). The lowest BCUT2D eigenvalue weighted by Crippen LogP contribution is -2.29. The Labute approximate surface area is 166 Å². The van der Waals surface area contributed by atoms with E-state index in [1.54, 1.807) is 6.20 Å². The van der Waals surface area contributed by atoms with Crippen molar-refractivity contribution in [3.63, 3.8) is 0 Å². The van der Waals surface area contributed by atoms with Gasteiger partial charge < -0.3 is 15.5 Å². The quantitative estimate of drug-likeness (QED) is 0.692. The van der Waals surface area contributed by atoms with E-state index in [4.69, 9.17) is 9.97 Å². The van der Waals surface area contributed by atoms with Gasteiger partial charge in [-0.05, 0) is 44.8 Å². The van der Waals surface area contributed by atoms with Crippen LogP contribution in [0.25, 0.3) is 11.4 Å². The summed E-state index contributed by atoms with van der Waals surface area (Å²) in [6.07, 6.45) is 4.51. The number of hydrogen-bond acceptors (Lipinski definition) is 6. The summed E-state index contributed by atoms with van der Waals surface area (Å²) in [5.74, 6) is 1.65. The Balaban J connectivity index is 1.74. The van der Waals surface area contributed by atoms with Gasteiger partial charge in [-0.2, -0.15) is 0 Å². The third-order valence-corrected chi connectivity index (χ3v) is 4.92. The van der Waals surface area contributed by atoms with Crippen LogP contribution in [0.3, 0.4) is 0 Å². The number of likely N-dealkylation sites (N-methyl/N-ethyl adjacent to an activating group) is 1. The maximum atomic E-state index is 4.92. The molecule has 2 N–H and O–H groups in total. The van der Waals surface area contributed by atoms with E-state index < -0.39 is 0 Å². The predicted molar refractivity (Wildman–Crippen MR) is 112 cm³/mol. The summed E-state index contributed by atoms with van der Waals surface area (Å²) in [6, 6.07) is 14.6. The number of anilines is 1. The molecule has 28 heavy (non-hydrogen) atoms. The second kappa shape index (κ2) is 8.46. The Kier molecular flexibility index (Phi) is 5.60. The van der Waals surface area contributed by atoms with Gasteiger partial charge in [-0.3, -0.25) is 4.98 Å². The van der Waals surface area contributed by atoms with Crippen LogP contribution in [0, 0.1) is 0 Å². The first-order chi connectivity index (χ1) is 13.7. The molecule has 0 saturated heterocycles. The minimum atomic E-state index is 0.145. The molecular weight excluding hydrogens is 348 g/mol. The van der Waals surface area contributed by atoms with Crippen LogP contribution in [0.5, 0.6) is 0 Å². The number of aromatic nitrogens is 3. The maximum absolute atomic E-state index is 4.92. The highest BCUT2D eigenvalue weighted by atomic mass is 15.1. The van der Waals surface area contributed by atoms with Gasteiger partial charge in [0, 0.05) is 36.6 Å². The fourth-order valence-electron chi connectivity index (χ4n) is 3.55.